The fourth-order valence-corrected chi connectivity index (χ4v) is 4.42. The van der Waals surface area contributed by atoms with E-state index in [0.29, 0.717) is 30.3 Å². The first-order valence-corrected chi connectivity index (χ1v) is 14.1. The van der Waals surface area contributed by atoms with Gasteiger partial charge in [0.1, 0.15) is 0 Å². The average Bonchev–Trinajstić information content (AvgIpc) is 2.86. The van der Waals surface area contributed by atoms with E-state index in [2.05, 4.69) is 13.8 Å². The van der Waals surface area contributed by atoms with Gasteiger partial charge in [-0.3, -0.25) is 0 Å². The van der Waals surface area contributed by atoms with Crippen molar-refractivity contribution in [3.63, 3.8) is 0 Å². The number of para-hydroxylation sites is 1. The zero-order valence-electron chi connectivity index (χ0n) is 22.5. The van der Waals surface area contributed by atoms with Gasteiger partial charge in [0.2, 0.25) is 5.75 Å². The highest BCUT2D eigenvalue weighted by molar-refractivity contribution is 5.89. The molecule has 0 spiro atoms. The molecule has 0 radical (unpaired) electrons. The van der Waals surface area contributed by atoms with Gasteiger partial charge in [0, 0.05) is 0 Å². The highest BCUT2D eigenvalue weighted by Crippen LogP contribution is 2.37. The third kappa shape index (κ3) is 10.5. The Hall–Kier alpha value is -2.17. The monoisotopic (exact) mass is 488 g/mol. The van der Waals surface area contributed by atoms with Crippen LogP contribution in [-0.4, -0.2) is 20.3 Å². The topological polar surface area (TPSA) is 57.9 Å². The van der Waals surface area contributed by atoms with Gasteiger partial charge in [-0.25, -0.2) is 4.79 Å². The molecule has 5 heteroatoms. The van der Waals surface area contributed by atoms with Crippen LogP contribution in [0.2, 0.25) is 0 Å². The average molecular weight is 489 g/mol. The molecule has 0 N–H and O–H groups in total. The molecule has 5 nitrogen and oxygen atoms in total. The van der Waals surface area contributed by atoms with Crippen LogP contribution in [0.5, 0.6) is 17.2 Å². The number of rotatable bonds is 21. The summed E-state index contributed by atoms with van der Waals surface area (Å²) < 4.78 is 23.0. The molecule has 1 heterocycles. The lowest BCUT2D eigenvalue weighted by atomic mass is 10.1. The van der Waals surface area contributed by atoms with Gasteiger partial charge in [-0.05, 0) is 25.0 Å². The fourth-order valence-electron chi connectivity index (χ4n) is 4.42. The molecule has 2 aromatic rings. The summed E-state index contributed by atoms with van der Waals surface area (Å²) in [5.74, 6) is 1.17. The maximum absolute atomic E-state index is 12.6. The molecule has 0 aliphatic rings. The van der Waals surface area contributed by atoms with Crippen molar-refractivity contribution in [1.29, 1.82) is 0 Å². The van der Waals surface area contributed by atoms with Gasteiger partial charge in [0.05, 0.1) is 25.7 Å². The van der Waals surface area contributed by atoms with Crippen molar-refractivity contribution in [3.8, 4) is 17.2 Å². The zero-order chi connectivity index (χ0) is 25.1. The summed E-state index contributed by atoms with van der Waals surface area (Å²) in [7, 11) is 1.48. The van der Waals surface area contributed by atoms with Gasteiger partial charge in [0.15, 0.2) is 17.1 Å². The van der Waals surface area contributed by atoms with Crippen LogP contribution < -0.4 is 19.8 Å². The smallest absolute Gasteiger partial charge is 0.383 e. The minimum Gasteiger partial charge on any atom is -0.490 e. The van der Waals surface area contributed by atoms with Crippen molar-refractivity contribution in [2.45, 2.75) is 117 Å². The number of benzene rings is 1. The van der Waals surface area contributed by atoms with Gasteiger partial charge < -0.3 is 18.6 Å². The van der Waals surface area contributed by atoms with Crippen LogP contribution in [0.15, 0.2) is 27.4 Å². The third-order valence-electron chi connectivity index (χ3n) is 6.51. The molecule has 0 atom stereocenters. The van der Waals surface area contributed by atoms with E-state index in [4.69, 9.17) is 18.6 Å². The molecular formula is C30H48O5. The Bertz CT molecular complexity index is 873. The van der Waals surface area contributed by atoms with Crippen LogP contribution in [0.25, 0.3) is 11.0 Å². The number of fused-ring (bicyclic) bond motifs is 1. The van der Waals surface area contributed by atoms with Crippen LogP contribution in [0, 0.1) is 0 Å². The van der Waals surface area contributed by atoms with Crippen molar-refractivity contribution in [3.05, 3.63) is 28.6 Å². The van der Waals surface area contributed by atoms with Crippen LogP contribution >= 0.6 is 0 Å². The first kappa shape index (κ1) is 29.1. The Morgan fingerprint density at radius 1 is 0.657 bits per heavy atom. The lowest BCUT2D eigenvalue weighted by Crippen LogP contribution is -2.09. The second kappa shape index (κ2) is 18.1. The minimum absolute atomic E-state index is 0.122. The standard InChI is InChI=1S/C30H48O5/c1-4-6-8-10-12-14-16-18-23-33-26-22-20-21-25-27(26)35-30(31)29(32-3)28(25)34-24-19-17-15-13-11-9-7-5-2/h20-22H,4-19,23-24H2,1-3H3. The maximum Gasteiger partial charge on any atom is 0.383 e. The molecule has 0 saturated heterocycles. The van der Waals surface area contributed by atoms with Crippen molar-refractivity contribution in [2.24, 2.45) is 0 Å². The molecule has 1 aromatic heterocycles. The number of ether oxygens (including phenoxy) is 3. The van der Waals surface area contributed by atoms with E-state index in [0.717, 1.165) is 31.1 Å². The molecule has 35 heavy (non-hydrogen) atoms. The molecule has 198 valence electrons. The van der Waals surface area contributed by atoms with E-state index >= 15 is 0 Å². The molecule has 0 unspecified atom stereocenters. The highest BCUT2D eigenvalue weighted by Gasteiger charge is 2.19. The highest BCUT2D eigenvalue weighted by atomic mass is 16.5. The first-order chi connectivity index (χ1) is 17.2. The normalized spacial score (nSPS) is 11.2. The first-order valence-electron chi connectivity index (χ1n) is 14.1. The van der Waals surface area contributed by atoms with Gasteiger partial charge >= 0.3 is 5.63 Å². The van der Waals surface area contributed by atoms with E-state index in [1.165, 1.54) is 84.2 Å². The molecule has 0 bridgehead atoms. The van der Waals surface area contributed by atoms with E-state index in [1.807, 2.05) is 18.2 Å². The molecule has 0 aliphatic heterocycles. The Morgan fingerprint density at radius 3 is 1.71 bits per heavy atom. The molecule has 2 rings (SSSR count). The van der Waals surface area contributed by atoms with E-state index in [-0.39, 0.29) is 5.75 Å². The molecule has 0 amide bonds. The minimum atomic E-state index is -0.533. The summed E-state index contributed by atoms with van der Waals surface area (Å²) in [6.45, 7) is 5.65. The molecule has 0 saturated carbocycles. The fraction of sp³-hybridized carbons (Fsp3) is 0.700. The Balaban J connectivity index is 1.88. The van der Waals surface area contributed by atoms with Crippen LogP contribution in [0.3, 0.4) is 0 Å². The predicted octanol–water partition coefficient (Wildman–Crippen LogP) is 8.84. The SMILES string of the molecule is CCCCCCCCCCOc1c(OC)c(=O)oc2c(OCCCCCCCCCC)cccc12. The quantitative estimate of drug-likeness (QED) is 0.130. The number of unbranched alkanes of at least 4 members (excludes halogenated alkanes) is 14. The summed E-state index contributed by atoms with van der Waals surface area (Å²) >= 11 is 0. The predicted molar refractivity (Wildman–Crippen MR) is 145 cm³/mol. The van der Waals surface area contributed by atoms with E-state index < -0.39 is 5.63 Å². The summed E-state index contributed by atoms with van der Waals surface area (Å²) in [6.07, 6.45) is 19.8. The summed E-state index contributed by atoms with van der Waals surface area (Å²) in [4.78, 5) is 12.6. The van der Waals surface area contributed by atoms with Gasteiger partial charge in [-0.15, -0.1) is 0 Å². The Morgan fingerprint density at radius 2 is 1.17 bits per heavy atom. The lowest BCUT2D eigenvalue weighted by molar-refractivity contribution is 0.277. The van der Waals surface area contributed by atoms with Gasteiger partial charge in [-0.1, -0.05) is 110 Å². The second-order valence-corrected chi connectivity index (χ2v) is 9.53. The summed E-state index contributed by atoms with van der Waals surface area (Å²) in [6, 6.07) is 5.66. The second-order valence-electron chi connectivity index (χ2n) is 9.53. The number of hydrogen-bond donors (Lipinski definition) is 0. The zero-order valence-corrected chi connectivity index (χ0v) is 22.5. The number of methoxy groups -OCH3 is 1. The summed E-state index contributed by atoms with van der Waals surface area (Å²) in [5.41, 5.74) is -0.0992. The largest absolute Gasteiger partial charge is 0.490 e. The lowest BCUT2D eigenvalue weighted by Gasteiger charge is -2.14. The molecule has 1 aromatic carbocycles. The van der Waals surface area contributed by atoms with Crippen LogP contribution in [-0.2, 0) is 0 Å². The van der Waals surface area contributed by atoms with Gasteiger partial charge in [-0.2, -0.15) is 0 Å². The van der Waals surface area contributed by atoms with E-state index in [1.54, 1.807) is 0 Å². The Kier molecular flexibility index (Phi) is 15.1. The van der Waals surface area contributed by atoms with Crippen molar-refractivity contribution >= 4 is 11.0 Å². The van der Waals surface area contributed by atoms with Crippen LogP contribution in [0.4, 0.5) is 0 Å². The van der Waals surface area contributed by atoms with Gasteiger partial charge in [0.25, 0.3) is 0 Å². The third-order valence-corrected chi connectivity index (χ3v) is 6.51. The van der Waals surface area contributed by atoms with Crippen molar-refractivity contribution in [1.82, 2.24) is 0 Å². The van der Waals surface area contributed by atoms with E-state index in [9.17, 15) is 4.79 Å². The Labute approximate surface area is 212 Å². The molecule has 0 fully saturated rings. The maximum atomic E-state index is 12.6. The number of hydrogen-bond acceptors (Lipinski definition) is 5. The van der Waals surface area contributed by atoms with Crippen molar-refractivity contribution < 1.29 is 18.6 Å². The molecule has 0 aliphatic carbocycles. The molecular weight excluding hydrogens is 440 g/mol. The van der Waals surface area contributed by atoms with Crippen LogP contribution in [0.1, 0.15) is 117 Å². The van der Waals surface area contributed by atoms with Crippen molar-refractivity contribution in [2.75, 3.05) is 20.3 Å². The summed E-state index contributed by atoms with van der Waals surface area (Å²) in [5, 5.41) is 0.717.